The maximum absolute atomic E-state index is 12.7. The minimum atomic E-state index is -4.79. The van der Waals surface area contributed by atoms with Gasteiger partial charge < -0.3 is 35.4 Å². The molecule has 0 aromatic carbocycles. The second-order valence-corrected chi connectivity index (χ2v) is 16.3. The van der Waals surface area contributed by atoms with Gasteiger partial charge in [0.05, 0.1) is 25.4 Å². The fourth-order valence-electron chi connectivity index (χ4n) is 6.27. The number of aliphatic carboxylic acids is 1. The summed E-state index contributed by atoms with van der Waals surface area (Å²) in [6.07, 6.45) is 25.8. The van der Waals surface area contributed by atoms with E-state index in [-0.39, 0.29) is 31.0 Å². The van der Waals surface area contributed by atoms with Crippen LogP contribution >= 0.6 is 7.82 Å². The number of phosphoric ester groups is 1. The van der Waals surface area contributed by atoms with Gasteiger partial charge in [0.25, 0.3) is 0 Å². The Balaban J connectivity index is 2.55. The van der Waals surface area contributed by atoms with E-state index in [2.05, 4.69) is 30.5 Å². The molecule has 7 atom stereocenters. The monoisotopic (exact) mass is 829 g/mol. The molecule has 0 aromatic rings. The second-order valence-electron chi connectivity index (χ2n) is 14.9. The lowest BCUT2D eigenvalue weighted by Gasteiger charge is -2.20. The number of hydrogen-bond acceptors (Lipinski definition) is 12. The molecule has 0 bridgehead atoms. The highest BCUT2D eigenvalue weighted by atomic mass is 31.2. The number of carbonyl (C=O) groups excluding carboxylic acids is 3. The van der Waals surface area contributed by atoms with Gasteiger partial charge in [0.15, 0.2) is 6.10 Å². The predicted octanol–water partition coefficient (Wildman–Crippen LogP) is 7.42. The average molecular weight is 830 g/mol. The first-order chi connectivity index (χ1) is 27.3. The van der Waals surface area contributed by atoms with Crippen LogP contribution in [0.2, 0.25) is 0 Å². The zero-order chi connectivity index (χ0) is 42.3. The molecule has 57 heavy (non-hydrogen) atoms. The summed E-state index contributed by atoms with van der Waals surface area (Å²) in [5.41, 5.74) is 5.32. The SMILES string of the molecule is CCCCCC/C=C\CCCCCCCC(=O)OC[C@H](COP(=O)(O)OC[C@H](N)C(=O)O)OC(=O)CCC/C=C\C[C@H]1C(=O)C[C@@H](O)[C@@H]1/C=C/[C@@H](O)CCCCC. The standard InChI is InChI=1S/C42H72NO13P/c1-3-5-7-8-9-10-11-12-13-14-15-16-21-25-40(47)53-30-34(31-54-57(51,52)55-32-37(43)42(49)50)56-41(48)26-22-18-17-20-24-35-36(39(46)29-38(35)45)28-27-33(44)23-19-6-4-2/h10-11,17,20,27-28,33-37,39,44,46H,3-9,12-16,18-19,21-26,29-32,43H2,1-2H3,(H,49,50)(H,51,52)/b11-10-,20-17-,28-27+/t33-,34+,35+,36+,37-,39+/m0/s1. The van der Waals surface area contributed by atoms with Crippen LogP contribution in [0.1, 0.15) is 149 Å². The van der Waals surface area contributed by atoms with Crippen molar-refractivity contribution in [1.29, 1.82) is 0 Å². The average Bonchev–Trinajstić information content (AvgIpc) is 3.44. The van der Waals surface area contributed by atoms with Crippen molar-refractivity contribution < 1.29 is 62.5 Å². The normalized spacial score (nSPS) is 20.0. The Morgan fingerprint density at radius 1 is 0.807 bits per heavy atom. The minimum absolute atomic E-state index is 0.0351. The number of carboxylic acid groups (broad SMARTS) is 1. The Hall–Kier alpha value is -2.71. The second kappa shape index (κ2) is 32.2. The third-order valence-corrected chi connectivity index (χ3v) is 10.7. The molecular formula is C42H72NO13P. The number of ketones is 1. The fourth-order valence-corrected chi connectivity index (χ4v) is 7.05. The number of nitrogens with two attached hydrogens (primary N) is 1. The van der Waals surface area contributed by atoms with E-state index in [1.165, 1.54) is 25.7 Å². The Bertz CT molecular complexity index is 1270. The highest BCUT2D eigenvalue weighted by Crippen LogP contribution is 2.43. The van der Waals surface area contributed by atoms with Crippen molar-refractivity contribution in [3.8, 4) is 0 Å². The lowest BCUT2D eigenvalue weighted by atomic mass is 9.90. The topological polar surface area (TPSA) is 229 Å². The van der Waals surface area contributed by atoms with Gasteiger partial charge in [-0.2, -0.15) is 0 Å². The van der Waals surface area contributed by atoms with E-state index in [0.717, 1.165) is 57.8 Å². The first kappa shape index (κ1) is 52.3. The van der Waals surface area contributed by atoms with Crippen LogP contribution in [0.15, 0.2) is 36.5 Å². The molecule has 0 amide bonds. The number of phosphoric acid groups is 1. The zero-order valence-electron chi connectivity index (χ0n) is 34.4. The number of ether oxygens (including phenoxy) is 2. The third-order valence-electron chi connectivity index (χ3n) is 9.73. The van der Waals surface area contributed by atoms with Crippen molar-refractivity contribution in [3.05, 3.63) is 36.5 Å². The van der Waals surface area contributed by atoms with Crippen LogP contribution in [0.5, 0.6) is 0 Å². The Morgan fingerprint density at radius 2 is 1.39 bits per heavy atom. The molecular weight excluding hydrogens is 757 g/mol. The number of esters is 2. The van der Waals surface area contributed by atoms with Crippen LogP contribution in [0.25, 0.3) is 0 Å². The molecule has 1 aliphatic rings. The van der Waals surface area contributed by atoms with Gasteiger partial charge in [-0.25, -0.2) is 4.57 Å². The van der Waals surface area contributed by atoms with Crippen molar-refractivity contribution in [3.63, 3.8) is 0 Å². The van der Waals surface area contributed by atoms with Crippen molar-refractivity contribution in [1.82, 2.24) is 0 Å². The van der Waals surface area contributed by atoms with Crippen molar-refractivity contribution >= 4 is 31.5 Å². The van der Waals surface area contributed by atoms with Crippen molar-refractivity contribution in [2.45, 2.75) is 173 Å². The lowest BCUT2D eigenvalue weighted by molar-refractivity contribution is -0.161. The number of aliphatic hydroxyl groups is 2. The smallest absolute Gasteiger partial charge is 0.472 e. The first-order valence-electron chi connectivity index (χ1n) is 21.1. The summed E-state index contributed by atoms with van der Waals surface area (Å²) in [6, 6.07) is -1.57. The number of aliphatic hydroxyl groups excluding tert-OH is 2. The number of rotatable bonds is 35. The molecule has 328 valence electrons. The summed E-state index contributed by atoms with van der Waals surface area (Å²) >= 11 is 0. The van der Waals surface area contributed by atoms with Crippen LogP contribution in [0.3, 0.4) is 0 Å². The van der Waals surface area contributed by atoms with Gasteiger partial charge in [0.1, 0.15) is 18.4 Å². The van der Waals surface area contributed by atoms with Gasteiger partial charge >= 0.3 is 25.7 Å². The zero-order valence-corrected chi connectivity index (χ0v) is 35.3. The molecule has 15 heteroatoms. The molecule has 6 N–H and O–H groups in total. The summed E-state index contributed by atoms with van der Waals surface area (Å²) in [6.45, 7) is 2.38. The van der Waals surface area contributed by atoms with E-state index in [4.69, 9.17) is 24.8 Å². The molecule has 1 saturated carbocycles. The molecule has 0 spiro atoms. The number of allylic oxidation sites excluding steroid dienone is 4. The van der Waals surface area contributed by atoms with E-state index in [9.17, 15) is 38.8 Å². The Labute approximate surface area is 340 Å². The maximum atomic E-state index is 12.7. The van der Waals surface area contributed by atoms with Crippen LogP contribution in [-0.4, -0.2) is 88.1 Å². The summed E-state index contributed by atoms with van der Waals surface area (Å²) in [4.78, 5) is 58.6. The van der Waals surface area contributed by atoms with E-state index in [1.54, 1.807) is 12.2 Å². The highest BCUT2D eigenvalue weighted by Gasteiger charge is 2.39. The fraction of sp³-hybridized carbons (Fsp3) is 0.762. The largest absolute Gasteiger partial charge is 0.480 e. The number of carbonyl (C=O) groups is 4. The van der Waals surface area contributed by atoms with Crippen LogP contribution < -0.4 is 5.73 Å². The molecule has 0 saturated heterocycles. The van der Waals surface area contributed by atoms with Gasteiger partial charge in [-0.15, -0.1) is 0 Å². The van der Waals surface area contributed by atoms with E-state index in [1.807, 2.05) is 12.2 Å². The summed E-state index contributed by atoms with van der Waals surface area (Å²) < 4.78 is 32.6. The van der Waals surface area contributed by atoms with Gasteiger partial charge in [0.2, 0.25) is 0 Å². The van der Waals surface area contributed by atoms with Gasteiger partial charge in [-0.1, -0.05) is 108 Å². The van der Waals surface area contributed by atoms with Crippen LogP contribution in [0, 0.1) is 11.8 Å². The van der Waals surface area contributed by atoms with E-state index in [0.29, 0.717) is 32.1 Å². The maximum Gasteiger partial charge on any atom is 0.472 e. The van der Waals surface area contributed by atoms with Crippen molar-refractivity contribution in [2.24, 2.45) is 17.6 Å². The summed E-state index contributed by atoms with van der Waals surface area (Å²) in [5, 5.41) is 29.6. The summed E-state index contributed by atoms with van der Waals surface area (Å²) in [7, 11) is -4.79. The van der Waals surface area contributed by atoms with E-state index >= 15 is 0 Å². The van der Waals surface area contributed by atoms with Gasteiger partial charge in [-0.05, 0) is 57.8 Å². The van der Waals surface area contributed by atoms with Crippen molar-refractivity contribution in [2.75, 3.05) is 19.8 Å². The lowest BCUT2D eigenvalue weighted by Crippen LogP contribution is -2.34. The molecule has 1 fully saturated rings. The molecule has 14 nitrogen and oxygen atoms in total. The molecule has 0 aromatic heterocycles. The van der Waals surface area contributed by atoms with Crippen LogP contribution in [-0.2, 0) is 42.3 Å². The van der Waals surface area contributed by atoms with Gasteiger partial charge in [0, 0.05) is 31.1 Å². The third kappa shape index (κ3) is 26.8. The predicted molar refractivity (Wildman–Crippen MR) is 218 cm³/mol. The first-order valence-corrected chi connectivity index (χ1v) is 22.6. The highest BCUT2D eigenvalue weighted by molar-refractivity contribution is 7.47. The molecule has 0 aliphatic heterocycles. The molecule has 1 aliphatic carbocycles. The summed E-state index contributed by atoms with van der Waals surface area (Å²) in [5.74, 6) is -3.45. The number of unbranched alkanes of at least 4 members (excludes halogenated alkanes) is 12. The van der Waals surface area contributed by atoms with Gasteiger partial charge in [-0.3, -0.25) is 28.2 Å². The Morgan fingerprint density at radius 3 is 2.07 bits per heavy atom. The molecule has 0 radical (unpaired) electrons. The Kier molecular flexibility index (Phi) is 29.5. The number of carboxylic acids is 1. The quantitative estimate of drug-likeness (QED) is 0.0181. The minimum Gasteiger partial charge on any atom is -0.480 e. The van der Waals surface area contributed by atoms with Crippen LogP contribution in [0.4, 0.5) is 0 Å². The van der Waals surface area contributed by atoms with E-state index < -0.39 is 75.8 Å². The number of Topliss-reactive ketones (excluding diaryl/α,β-unsaturated/α-hetero) is 1. The number of hydrogen-bond donors (Lipinski definition) is 5. The molecule has 1 rings (SSSR count). The molecule has 0 heterocycles. The molecule has 1 unspecified atom stereocenters.